The van der Waals surface area contributed by atoms with Gasteiger partial charge in [0.2, 0.25) is 0 Å². The van der Waals surface area contributed by atoms with Crippen LogP contribution in [0.3, 0.4) is 0 Å². The Balaban J connectivity index is 2.39. The number of benzene rings is 2. The van der Waals surface area contributed by atoms with Crippen LogP contribution in [0.4, 0.5) is 0 Å². The average molecular weight is 314 g/mol. The molecule has 0 saturated carbocycles. The van der Waals surface area contributed by atoms with Gasteiger partial charge < -0.3 is 0 Å². The summed E-state index contributed by atoms with van der Waals surface area (Å²) in [4.78, 5) is 1.05. The lowest BCUT2D eigenvalue weighted by molar-refractivity contribution is 0.598. The normalized spacial score (nSPS) is 13.4. The van der Waals surface area contributed by atoms with Crippen molar-refractivity contribution in [3.05, 3.63) is 59.6 Å². The summed E-state index contributed by atoms with van der Waals surface area (Å²) in [6.07, 6.45) is 1.78. The molecule has 0 spiro atoms. The molecule has 0 N–H and O–H groups in total. The monoisotopic (exact) mass is 313 g/mol. The number of sulfonamides is 1. The zero-order valence-corrected chi connectivity index (χ0v) is 12.5. The van der Waals surface area contributed by atoms with E-state index in [1.807, 2.05) is 30.3 Å². The van der Waals surface area contributed by atoms with E-state index in [9.17, 15) is 8.42 Å². The number of hydrogen-bond acceptors (Lipinski definition) is 2. The minimum atomic E-state index is -3.65. The number of rotatable bonds is 3. The third-order valence-electron chi connectivity index (χ3n) is 2.41. The molecule has 3 nitrogen and oxygen atoms in total. The molecule has 0 aliphatic carbocycles. The number of halogens is 1. The largest absolute Gasteiger partial charge is 0.288 e. The first-order valence-corrected chi connectivity index (χ1v) is 8.84. The topological polar surface area (TPSA) is 46.5 Å². The molecule has 2 aromatic carbocycles. The van der Waals surface area contributed by atoms with Gasteiger partial charge in [-0.15, -0.1) is 3.77 Å². The molecule has 0 aromatic heterocycles. The predicted octanol–water partition coefficient (Wildman–Crippen LogP) is 3.52. The van der Waals surface area contributed by atoms with Crippen LogP contribution in [0, 0.1) is 0 Å². The van der Waals surface area contributed by atoms with Crippen molar-refractivity contribution in [3.63, 3.8) is 0 Å². The quantitative estimate of drug-likeness (QED) is 0.870. The molecule has 100 valence electrons. The van der Waals surface area contributed by atoms with Crippen LogP contribution in [0.5, 0.6) is 0 Å². The van der Waals surface area contributed by atoms with E-state index in [1.165, 1.54) is 12.1 Å². The molecule has 2 aromatic rings. The van der Waals surface area contributed by atoms with Crippen molar-refractivity contribution in [3.8, 4) is 0 Å². The lowest BCUT2D eigenvalue weighted by Gasteiger charge is -2.03. The van der Waals surface area contributed by atoms with Gasteiger partial charge in [0, 0.05) is 9.92 Å². The van der Waals surface area contributed by atoms with Crippen molar-refractivity contribution in [1.29, 1.82) is 0 Å². The van der Waals surface area contributed by atoms with Crippen LogP contribution in [0.1, 0.15) is 0 Å². The minimum absolute atomic E-state index is 0.159. The van der Waals surface area contributed by atoms with E-state index in [4.69, 9.17) is 11.6 Å². The molecule has 19 heavy (non-hydrogen) atoms. The second-order valence-corrected chi connectivity index (χ2v) is 7.68. The van der Waals surface area contributed by atoms with E-state index in [-0.39, 0.29) is 4.90 Å². The molecule has 1 atom stereocenters. The first-order chi connectivity index (χ1) is 8.99. The number of hydrogen-bond donors (Lipinski definition) is 0. The van der Waals surface area contributed by atoms with Crippen LogP contribution in [-0.4, -0.2) is 14.7 Å². The Labute approximate surface area is 120 Å². The Morgan fingerprint density at radius 2 is 1.58 bits per heavy atom. The summed E-state index contributed by atoms with van der Waals surface area (Å²) in [5, 5.41) is 0.498. The Morgan fingerprint density at radius 3 is 2.16 bits per heavy atom. The molecule has 0 saturated heterocycles. The van der Waals surface area contributed by atoms with Gasteiger partial charge in [-0.25, -0.2) is 0 Å². The van der Waals surface area contributed by atoms with Gasteiger partial charge in [0.05, 0.1) is 4.90 Å². The molecule has 6 heteroatoms. The average Bonchev–Trinajstić information content (AvgIpc) is 2.40. The van der Waals surface area contributed by atoms with Crippen molar-refractivity contribution in [1.82, 2.24) is 0 Å². The summed E-state index contributed by atoms with van der Waals surface area (Å²) in [5.41, 5.74) is 0. The molecule has 0 fully saturated rings. The summed E-state index contributed by atoms with van der Waals surface area (Å²) in [6, 6.07) is 15.3. The van der Waals surface area contributed by atoms with Gasteiger partial charge in [0.25, 0.3) is 10.0 Å². The van der Waals surface area contributed by atoms with Gasteiger partial charge in [-0.1, -0.05) is 40.5 Å². The highest BCUT2D eigenvalue weighted by atomic mass is 35.5. The van der Waals surface area contributed by atoms with Crippen LogP contribution in [-0.2, 0) is 20.7 Å². The van der Waals surface area contributed by atoms with Gasteiger partial charge in [-0.2, -0.15) is 8.42 Å². The van der Waals surface area contributed by atoms with Gasteiger partial charge in [-0.3, -0.25) is 0 Å². The number of nitrogens with zero attached hydrogens (tertiary/aromatic N) is 1. The summed E-state index contributed by atoms with van der Waals surface area (Å²) >= 11 is 5.74. The van der Waals surface area contributed by atoms with Crippen molar-refractivity contribution in [2.75, 3.05) is 6.26 Å². The van der Waals surface area contributed by atoms with E-state index in [2.05, 4.69) is 3.77 Å². The molecule has 2 rings (SSSR count). The molecule has 0 bridgehead atoms. The zero-order chi connectivity index (χ0) is 13.9. The van der Waals surface area contributed by atoms with E-state index < -0.39 is 20.7 Å². The SMILES string of the molecule is CS(=NS(=O)(=O)c1ccc(Cl)cc1)c1ccccc1. The van der Waals surface area contributed by atoms with Gasteiger partial charge in [0.1, 0.15) is 0 Å². The fourth-order valence-electron chi connectivity index (χ4n) is 1.46. The van der Waals surface area contributed by atoms with Crippen molar-refractivity contribution in [2.45, 2.75) is 9.79 Å². The highest BCUT2D eigenvalue weighted by Gasteiger charge is 2.13. The van der Waals surface area contributed by atoms with E-state index in [1.54, 1.807) is 18.4 Å². The zero-order valence-electron chi connectivity index (χ0n) is 10.2. The highest BCUT2D eigenvalue weighted by molar-refractivity contribution is 7.99. The third kappa shape index (κ3) is 3.65. The maximum Gasteiger partial charge on any atom is 0.288 e. The van der Waals surface area contributed by atoms with E-state index >= 15 is 0 Å². The minimum Gasteiger partial charge on any atom is -0.199 e. The fraction of sp³-hybridized carbons (Fsp3) is 0.0769. The summed E-state index contributed by atoms with van der Waals surface area (Å²) in [6.45, 7) is 0. The first kappa shape index (κ1) is 14.2. The molecular weight excluding hydrogens is 302 g/mol. The molecule has 1 unspecified atom stereocenters. The van der Waals surface area contributed by atoms with Crippen LogP contribution >= 0.6 is 11.6 Å². The Kier molecular flexibility index (Phi) is 4.39. The molecule has 0 radical (unpaired) electrons. The summed E-state index contributed by atoms with van der Waals surface area (Å²) in [5.74, 6) is 0. The second-order valence-electron chi connectivity index (χ2n) is 3.79. The Bertz CT molecular complexity index is 695. The van der Waals surface area contributed by atoms with Crippen LogP contribution < -0.4 is 0 Å². The lowest BCUT2D eigenvalue weighted by atomic mass is 10.4. The van der Waals surface area contributed by atoms with Crippen molar-refractivity contribution >= 4 is 32.3 Å². The maximum atomic E-state index is 12.1. The highest BCUT2D eigenvalue weighted by Crippen LogP contribution is 2.18. The van der Waals surface area contributed by atoms with Crippen LogP contribution in [0.25, 0.3) is 0 Å². The lowest BCUT2D eigenvalue weighted by Crippen LogP contribution is -1.99. The molecule has 0 aliphatic heterocycles. The molecule has 0 amide bonds. The summed E-state index contributed by atoms with van der Waals surface area (Å²) in [7, 11) is -4.35. The predicted molar refractivity (Wildman–Crippen MR) is 79.1 cm³/mol. The molecule has 0 aliphatic rings. The van der Waals surface area contributed by atoms with Gasteiger partial charge in [-0.05, 0) is 42.7 Å². The van der Waals surface area contributed by atoms with E-state index in [0.29, 0.717) is 5.02 Å². The van der Waals surface area contributed by atoms with Gasteiger partial charge >= 0.3 is 0 Å². The standard InChI is InChI=1S/C13H12ClNO2S2/c1-18(12-5-3-2-4-6-12)15-19(16,17)13-9-7-11(14)8-10-13/h2-10H,1H3. The third-order valence-corrected chi connectivity index (χ3v) is 6.16. The second kappa shape index (κ2) is 5.86. The molecular formula is C13H12ClNO2S2. The molecule has 0 heterocycles. The van der Waals surface area contributed by atoms with Crippen LogP contribution in [0.2, 0.25) is 5.02 Å². The summed E-state index contributed by atoms with van der Waals surface area (Å²) < 4.78 is 28.2. The maximum absolute atomic E-state index is 12.1. The van der Waals surface area contributed by atoms with Crippen molar-refractivity contribution in [2.24, 2.45) is 3.77 Å². The fourth-order valence-corrected chi connectivity index (χ4v) is 4.48. The van der Waals surface area contributed by atoms with Crippen molar-refractivity contribution < 1.29 is 8.42 Å². The van der Waals surface area contributed by atoms with Gasteiger partial charge in [0.15, 0.2) is 0 Å². The Hall–Kier alpha value is -1.17. The smallest absolute Gasteiger partial charge is 0.199 e. The first-order valence-electron chi connectivity index (χ1n) is 5.44. The van der Waals surface area contributed by atoms with E-state index in [0.717, 1.165) is 4.90 Å². The Morgan fingerprint density at radius 1 is 1.00 bits per heavy atom. The van der Waals surface area contributed by atoms with Crippen LogP contribution in [0.15, 0.2) is 68.2 Å².